The van der Waals surface area contributed by atoms with Gasteiger partial charge in [0.15, 0.2) is 10.3 Å². The van der Waals surface area contributed by atoms with E-state index in [0.29, 0.717) is 21.6 Å². The van der Waals surface area contributed by atoms with Crippen LogP contribution in [0.4, 0.5) is 30.8 Å². The highest BCUT2D eigenvalue weighted by Crippen LogP contribution is 2.30. The van der Waals surface area contributed by atoms with Crippen LogP contribution in [0.2, 0.25) is 0 Å². The van der Waals surface area contributed by atoms with E-state index >= 15 is 0 Å². The van der Waals surface area contributed by atoms with E-state index < -0.39 is 22.7 Å². The highest BCUT2D eigenvalue weighted by molar-refractivity contribution is 7.22. The number of rotatable bonds is 5. The van der Waals surface area contributed by atoms with Crippen molar-refractivity contribution >= 4 is 66.5 Å². The van der Waals surface area contributed by atoms with Crippen LogP contribution in [-0.4, -0.2) is 26.8 Å². The molecule has 0 fully saturated rings. The lowest BCUT2D eigenvalue weighted by Crippen LogP contribution is -2.19. The summed E-state index contributed by atoms with van der Waals surface area (Å²) >= 11 is 2.08. The van der Waals surface area contributed by atoms with Crippen LogP contribution in [0.15, 0.2) is 42.5 Å². The highest BCUT2D eigenvalue weighted by atomic mass is 32.1. The van der Waals surface area contributed by atoms with E-state index in [2.05, 4.69) is 25.9 Å². The minimum absolute atomic E-state index is 0.0630. The van der Waals surface area contributed by atoms with Crippen molar-refractivity contribution < 1.29 is 18.9 Å². The largest absolute Gasteiger partial charge is 0.325 e. The van der Waals surface area contributed by atoms with Gasteiger partial charge in [-0.2, -0.15) is 0 Å². The van der Waals surface area contributed by atoms with E-state index in [-0.39, 0.29) is 20.8 Å². The second-order valence-corrected chi connectivity index (χ2v) is 8.43. The number of anilines is 3. The normalized spacial score (nSPS) is 10.7. The summed E-state index contributed by atoms with van der Waals surface area (Å²) in [5.74, 6) is -0.894. The Kier molecular flexibility index (Phi) is 5.75. The molecule has 0 bridgehead atoms. The van der Waals surface area contributed by atoms with E-state index in [4.69, 9.17) is 0 Å². The molecule has 0 radical (unpaired) electrons. The Morgan fingerprint density at radius 2 is 1.72 bits per heavy atom. The number of aryl methyl sites for hydroxylation is 1. The predicted molar refractivity (Wildman–Crippen MR) is 120 cm³/mol. The number of carbonyl (C=O) groups is 2. The fourth-order valence-electron chi connectivity index (χ4n) is 2.69. The van der Waals surface area contributed by atoms with Gasteiger partial charge in [0.2, 0.25) is 0 Å². The Bertz CT molecular complexity index is 1350. The molecule has 3 N–H and O–H groups in total. The Balaban J connectivity index is 1.44. The van der Waals surface area contributed by atoms with Crippen LogP contribution in [0.25, 0.3) is 10.2 Å². The maximum absolute atomic E-state index is 13.0. The summed E-state index contributed by atoms with van der Waals surface area (Å²) in [6.45, 7) is 1.62. The van der Waals surface area contributed by atoms with Crippen LogP contribution in [0.3, 0.4) is 0 Å². The molecule has 13 heteroatoms. The molecule has 162 valence electrons. The first-order valence-corrected chi connectivity index (χ1v) is 10.6. The van der Waals surface area contributed by atoms with Crippen LogP contribution >= 0.6 is 22.7 Å². The third-order valence-electron chi connectivity index (χ3n) is 4.13. The monoisotopic (exact) mass is 472 g/mol. The highest BCUT2D eigenvalue weighted by Gasteiger charge is 2.19. The molecular weight excluding hydrogens is 459 g/mol. The molecule has 2 aromatic carbocycles. The number of hydrogen-bond donors (Lipinski definition) is 3. The molecule has 4 rings (SSSR count). The van der Waals surface area contributed by atoms with E-state index in [1.54, 1.807) is 6.92 Å². The number of carbonyl (C=O) groups excluding carboxylic acids is 2. The third-order valence-corrected chi connectivity index (χ3v) is 6.13. The maximum Gasteiger partial charge on any atom is 0.325 e. The lowest BCUT2D eigenvalue weighted by molar-refractivity contribution is -0.384. The van der Waals surface area contributed by atoms with Crippen molar-refractivity contribution in [2.75, 3.05) is 16.0 Å². The van der Waals surface area contributed by atoms with E-state index in [1.807, 2.05) is 0 Å². The molecule has 4 aromatic rings. The van der Waals surface area contributed by atoms with Gasteiger partial charge in [0.25, 0.3) is 11.6 Å². The molecule has 32 heavy (non-hydrogen) atoms. The zero-order valence-electron chi connectivity index (χ0n) is 16.2. The van der Waals surface area contributed by atoms with Gasteiger partial charge in [-0.05, 0) is 37.3 Å². The van der Waals surface area contributed by atoms with Crippen LogP contribution < -0.4 is 16.0 Å². The number of halogens is 1. The molecule has 0 aliphatic heterocycles. The van der Waals surface area contributed by atoms with Gasteiger partial charge in [-0.15, -0.1) is 0 Å². The molecule has 3 amide bonds. The molecule has 10 nitrogen and oxygen atoms in total. The summed E-state index contributed by atoms with van der Waals surface area (Å²) in [5, 5.41) is 19.1. The summed E-state index contributed by atoms with van der Waals surface area (Å²) < 4.78 is 13.5. The lowest BCUT2D eigenvalue weighted by atomic mass is 10.3. The van der Waals surface area contributed by atoms with Crippen molar-refractivity contribution in [1.29, 1.82) is 0 Å². The number of aromatic nitrogens is 2. The van der Waals surface area contributed by atoms with Gasteiger partial charge in [0.05, 0.1) is 20.8 Å². The first-order chi connectivity index (χ1) is 15.3. The fraction of sp³-hybridized carbons (Fsp3) is 0.0526. The number of nitro benzene ring substituents is 1. The average molecular weight is 472 g/mol. The zero-order valence-corrected chi connectivity index (χ0v) is 17.8. The molecule has 0 aliphatic carbocycles. The van der Waals surface area contributed by atoms with Crippen molar-refractivity contribution in [3.63, 3.8) is 0 Å². The first-order valence-electron chi connectivity index (χ1n) is 8.96. The van der Waals surface area contributed by atoms with Crippen LogP contribution in [0.1, 0.15) is 15.4 Å². The van der Waals surface area contributed by atoms with Gasteiger partial charge in [-0.25, -0.2) is 19.2 Å². The molecule has 0 unspecified atom stereocenters. The molecule has 0 spiro atoms. The van der Waals surface area contributed by atoms with Gasteiger partial charge in [0.1, 0.15) is 10.7 Å². The van der Waals surface area contributed by atoms with E-state index in [9.17, 15) is 24.1 Å². The summed E-state index contributed by atoms with van der Waals surface area (Å²) in [4.78, 5) is 43.9. The van der Waals surface area contributed by atoms with Crippen molar-refractivity contribution in [2.24, 2.45) is 0 Å². The molecule has 2 heterocycles. The molecule has 2 aromatic heterocycles. The first kappa shape index (κ1) is 21.3. The number of amides is 3. The quantitative estimate of drug-likeness (QED) is 0.276. The van der Waals surface area contributed by atoms with Crippen molar-refractivity contribution in [1.82, 2.24) is 9.97 Å². The van der Waals surface area contributed by atoms with Gasteiger partial charge in [-0.1, -0.05) is 22.7 Å². The molecular formula is C19H13FN6O4S2. The number of benzene rings is 2. The third kappa shape index (κ3) is 4.68. The molecule has 0 aliphatic rings. The van der Waals surface area contributed by atoms with Crippen LogP contribution in [0, 0.1) is 22.9 Å². The summed E-state index contributed by atoms with van der Waals surface area (Å²) in [5.41, 5.74) is 1.26. The number of urea groups is 1. The van der Waals surface area contributed by atoms with Gasteiger partial charge in [-0.3, -0.25) is 25.5 Å². The van der Waals surface area contributed by atoms with Crippen molar-refractivity contribution in [3.05, 3.63) is 69.0 Å². The molecule has 0 atom stereocenters. The number of nitro groups is 1. The van der Waals surface area contributed by atoms with Crippen molar-refractivity contribution in [2.45, 2.75) is 6.92 Å². The van der Waals surface area contributed by atoms with E-state index in [1.165, 1.54) is 42.5 Å². The van der Waals surface area contributed by atoms with Gasteiger partial charge >= 0.3 is 6.03 Å². The second-order valence-electron chi connectivity index (χ2n) is 6.40. The minimum atomic E-state index is -0.593. The number of nitrogens with zero attached hydrogens (tertiary/aromatic N) is 3. The maximum atomic E-state index is 13.0. The zero-order chi connectivity index (χ0) is 22.8. The fourth-order valence-corrected chi connectivity index (χ4v) is 4.44. The molecule has 0 saturated heterocycles. The Morgan fingerprint density at radius 3 is 2.44 bits per heavy atom. The Hall–Kier alpha value is -3.97. The predicted octanol–water partition coefficient (Wildman–Crippen LogP) is 5.00. The topological polar surface area (TPSA) is 139 Å². The summed E-state index contributed by atoms with van der Waals surface area (Å²) in [6.07, 6.45) is 0. The van der Waals surface area contributed by atoms with Gasteiger partial charge in [0, 0.05) is 17.8 Å². The van der Waals surface area contributed by atoms with Crippen LogP contribution in [-0.2, 0) is 0 Å². The lowest BCUT2D eigenvalue weighted by Gasteiger charge is -2.04. The Labute approximate surface area is 187 Å². The van der Waals surface area contributed by atoms with Crippen LogP contribution in [0.5, 0.6) is 0 Å². The number of thiazole rings is 2. The van der Waals surface area contributed by atoms with E-state index in [0.717, 1.165) is 22.7 Å². The minimum Gasteiger partial charge on any atom is -0.308 e. The average Bonchev–Trinajstić information content (AvgIpc) is 3.31. The number of nitrogens with one attached hydrogen (secondary N) is 3. The summed E-state index contributed by atoms with van der Waals surface area (Å²) in [6, 6.07) is 8.90. The van der Waals surface area contributed by atoms with Crippen molar-refractivity contribution in [3.8, 4) is 0 Å². The number of non-ortho nitro benzene ring substituents is 1. The SMILES string of the molecule is Cc1nc(NC(=O)Nc2ccc(F)cc2)sc1C(=O)Nc1nc2ccc([N+](=O)[O-])cc2s1. The second kappa shape index (κ2) is 8.64. The molecule has 0 saturated carbocycles. The smallest absolute Gasteiger partial charge is 0.308 e. The summed E-state index contributed by atoms with van der Waals surface area (Å²) in [7, 11) is 0. The number of fused-ring (bicyclic) bond motifs is 1. The standard InChI is InChI=1S/C19H13FN6O4S2/c1-9-15(32-18(21-9)25-17(28)22-11-4-2-10(20)3-5-11)16(27)24-19-23-13-7-6-12(26(29)30)8-14(13)31-19/h2-8H,1H3,(H,23,24,27)(H2,21,22,25,28). The van der Waals surface area contributed by atoms with Gasteiger partial charge < -0.3 is 5.32 Å². The number of hydrogen-bond acceptors (Lipinski definition) is 8. The Morgan fingerprint density at radius 1 is 1.00 bits per heavy atom.